The first-order valence-corrected chi connectivity index (χ1v) is 16.1. The highest BCUT2D eigenvalue weighted by molar-refractivity contribution is 8.00. The highest BCUT2D eigenvalue weighted by atomic mass is 32.2. The topological polar surface area (TPSA) is 185 Å². The molecule has 0 aromatic carbocycles. The van der Waals surface area contributed by atoms with Gasteiger partial charge in [-0.3, -0.25) is 19.3 Å². The molecule has 45 heavy (non-hydrogen) atoms. The Balaban J connectivity index is 1.35. The number of anilines is 1. The fraction of sp³-hybridized carbons (Fsp3) is 0.414. The van der Waals surface area contributed by atoms with Crippen LogP contribution >= 0.6 is 23.1 Å². The zero-order valence-electron chi connectivity index (χ0n) is 25.3. The Morgan fingerprint density at radius 3 is 2.80 bits per heavy atom. The molecule has 0 bridgehead atoms. The average Bonchev–Trinajstić information content (AvgIpc) is 3.57. The lowest BCUT2D eigenvalue weighted by atomic mass is 10.0. The molecule has 1 fully saturated rings. The number of pyridine rings is 1. The number of nitrogens with one attached hydrogen (secondary N) is 2. The van der Waals surface area contributed by atoms with Gasteiger partial charge in [0.1, 0.15) is 22.6 Å². The summed E-state index contributed by atoms with van der Waals surface area (Å²) in [6, 6.07) is 5.13. The number of nitrogens with two attached hydrogens (primary N) is 1. The molecule has 2 atom stereocenters. The number of aliphatic carboxylic acids is 1. The van der Waals surface area contributed by atoms with Gasteiger partial charge in [-0.05, 0) is 46.9 Å². The van der Waals surface area contributed by atoms with Gasteiger partial charge in [-0.1, -0.05) is 5.16 Å². The van der Waals surface area contributed by atoms with Gasteiger partial charge in [0.25, 0.3) is 11.8 Å². The summed E-state index contributed by atoms with van der Waals surface area (Å²) in [7, 11) is 1.93. The largest absolute Gasteiger partial charge is 0.478 e. The zero-order chi connectivity index (χ0) is 32.5. The maximum atomic E-state index is 13.5. The number of β-lactam (4-membered cyclic amide) rings is 1. The number of carbonyl (C=O) groups excluding carboxylic acids is 3. The molecule has 2 unspecified atom stereocenters. The average molecular weight is 656 g/mol. The van der Waals surface area contributed by atoms with E-state index in [0.29, 0.717) is 23.5 Å². The number of carbonyl (C=O) groups is 4. The summed E-state index contributed by atoms with van der Waals surface area (Å²) >= 11 is 2.57. The Labute approximate surface area is 267 Å². The van der Waals surface area contributed by atoms with E-state index in [0.717, 1.165) is 47.5 Å². The molecule has 2 aliphatic heterocycles. The van der Waals surface area contributed by atoms with Crippen LogP contribution in [-0.4, -0.2) is 85.7 Å². The molecule has 5 heterocycles. The molecule has 0 radical (unpaired) electrons. The van der Waals surface area contributed by atoms with Gasteiger partial charge < -0.3 is 30.9 Å². The first kappa shape index (κ1) is 32.1. The number of aromatic nitrogens is 3. The normalized spacial score (nSPS) is 18.5. The Morgan fingerprint density at radius 1 is 1.36 bits per heavy atom. The molecule has 1 saturated heterocycles. The number of aryl methyl sites for hydroxylation is 2. The van der Waals surface area contributed by atoms with Gasteiger partial charge in [0.2, 0.25) is 11.1 Å². The fourth-order valence-electron chi connectivity index (χ4n) is 5.14. The van der Waals surface area contributed by atoms with Crippen molar-refractivity contribution in [1.82, 2.24) is 25.1 Å². The monoisotopic (exact) mass is 655 g/mol. The van der Waals surface area contributed by atoms with Gasteiger partial charge in [0.15, 0.2) is 29.9 Å². The second-order valence-corrected chi connectivity index (χ2v) is 13.5. The molecule has 3 aromatic rings. The second kappa shape index (κ2) is 13.0. The van der Waals surface area contributed by atoms with E-state index in [1.165, 1.54) is 30.5 Å². The van der Waals surface area contributed by atoms with Crippen molar-refractivity contribution >= 4 is 69.0 Å². The van der Waals surface area contributed by atoms with E-state index in [1.807, 2.05) is 25.4 Å². The minimum atomic E-state index is -1.74. The highest BCUT2D eigenvalue weighted by Crippen LogP contribution is 2.39. The van der Waals surface area contributed by atoms with Crippen molar-refractivity contribution in [2.75, 3.05) is 25.1 Å². The second-order valence-electron chi connectivity index (χ2n) is 11.1. The molecule has 2 amide bonds. The van der Waals surface area contributed by atoms with E-state index < -0.39 is 34.8 Å². The summed E-state index contributed by atoms with van der Waals surface area (Å²) < 4.78 is 4.26. The van der Waals surface area contributed by atoms with Crippen LogP contribution in [0.15, 0.2) is 47.0 Å². The number of fused-ring (bicyclic) bond motifs is 2. The van der Waals surface area contributed by atoms with Crippen LogP contribution in [0.2, 0.25) is 0 Å². The molecule has 0 saturated carbocycles. The predicted octanol–water partition coefficient (Wildman–Crippen LogP) is 1.02. The number of hydrogen-bond donors (Lipinski definition) is 4. The van der Waals surface area contributed by atoms with Crippen LogP contribution in [0.5, 0.6) is 0 Å². The van der Waals surface area contributed by atoms with E-state index in [9.17, 15) is 24.3 Å². The van der Waals surface area contributed by atoms with Gasteiger partial charge in [-0.2, -0.15) is 4.57 Å². The number of aldehydes is 1. The molecule has 5 N–H and O–H groups in total. The number of hydrogen-bond acceptors (Lipinski definition) is 11. The van der Waals surface area contributed by atoms with Crippen molar-refractivity contribution in [3.63, 3.8) is 0 Å². The third-order valence-corrected chi connectivity index (χ3v) is 9.76. The Kier molecular flexibility index (Phi) is 9.27. The van der Waals surface area contributed by atoms with Crippen molar-refractivity contribution in [2.24, 2.45) is 5.16 Å². The van der Waals surface area contributed by atoms with Crippen LogP contribution in [0.4, 0.5) is 5.13 Å². The zero-order valence-corrected chi connectivity index (χ0v) is 26.9. The van der Waals surface area contributed by atoms with Crippen LogP contribution in [0.25, 0.3) is 11.0 Å². The van der Waals surface area contributed by atoms with E-state index in [-0.39, 0.29) is 22.2 Å². The Bertz CT molecular complexity index is 1730. The van der Waals surface area contributed by atoms with Crippen LogP contribution in [0.1, 0.15) is 30.8 Å². The summed E-state index contributed by atoms with van der Waals surface area (Å²) in [6.45, 7) is 6.46. The van der Waals surface area contributed by atoms with Crippen LogP contribution in [0, 0.1) is 6.92 Å². The minimum Gasteiger partial charge on any atom is -0.478 e. The molecule has 0 aliphatic carbocycles. The number of rotatable bonds is 13. The molecule has 16 heteroatoms. The van der Waals surface area contributed by atoms with Crippen LogP contribution < -0.4 is 20.9 Å². The van der Waals surface area contributed by atoms with E-state index >= 15 is 0 Å². The number of allylic oxidation sites excluding steroid dienone is 1. The standard InChI is InChI=1S/C29H34N8O6S2/c1-16-21(33-28(30)45-16)22(34-43-29(2,3)27(41)42)24(39)32-23-25(40)37-20(14-38)17(15-44-26(23)37)13-36-10-5-7-18-19(36)8-12-35(18)11-6-9-31-4/h5,7-8,10,12,14,23,26,31H,6,9,11,13,15H2,1-4H3,(H3-,30,32,33,39,41,42)/p+1/b34-22-. The number of thioether (sulfide) groups is 1. The van der Waals surface area contributed by atoms with Gasteiger partial charge in [-0.25, -0.2) is 9.78 Å². The van der Waals surface area contributed by atoms with Crippen molar-refractivity contribution in [3.05, 3.63) is 52.4 Å². The van der Waals surface area contributed by atoms with Gasteiger partial charge >= 0.3 is 5.97 Å². The Morgan fingerprint density at radius 2 is 2.13 bits per heavy atom. The number of nitrogens with zero attached hydrogens (tertiary/aromatic N) is 5. The van der Waals surface area contributed by atoms with Gasteiger partial charge in [0.05, 0.1) is 5.70 Å². The van der Waals surface area contributed by atoms with E-state index in [4.69, 9.17) is 10.6 Å². The first-order chi connectivity index (χ1) is 21.5. The lowest BCUT2D eigenvalue weighted by Crippen LogP contribution is -2.70. The summed E-state index contributed by atoms with van der Waals surface area (Å²) in [6.07, 6.45) is 5.68. The van der Waals surface area contributed by atoms with Gasteiger partial charge in [-0.15, -0.1) is 23.1 Å². The third kappa shape index (κ3) is 6.30. The molecular formula is C29H35N8O6S2+. The number of amides is 2. The minimum absolute atomic E-state index is 0.119. The summed E-state index contributed by atoms with van der Waals surface area (Å²) in [4.78, 5) is 62.1. The molecule has 14 nitrogen and oxygen atoms in total. The number of carboxylic acid groups (broad SMARTS) is 1. The summed E-state index contributed by atoms with van der Waals surface area (Å²) in [5.74, 6) is -2.05. The van der Waals surface area contributed by atoms with Crippen molar-refractivity contribution in [3.8, 4) is 0 Å². The van der Waals surface area contributed by atoms with E-state index in [2.05, 4.69) is 42.2 Å². The number of carboxylic acids is 1. The smallest absolute Gasteiger partial charge is 0.350 e. The van der Waals surface area contributed by atoms with E-state index in [1.54, 1.807) is 6.92 Å². The molecule has 3 aromatic heterocycles. The Hall–Kier alpha value is -4.28. The number of nitrogen functional groups attached to an aromatic ring is 1. The molecule has 5 rings (SSSR count). The van der Waals surface area contributed by atoms with Gasteiger partial charge in [0, 0.05) is 41.1 Å². The summed E-state index contributed by atoms with van der Waals surface area (Å²) in [5, 5.41) is 18.8. The van der Waals surface area contributed by atoms with Crippen LogP contribution in [-0.2, 0) is 37.1 Å². The highest BCUT2D eigenvalue weighted by Gasteiger charge is 2.53. The van der Waals surface area contributed by atoms with Crippen molar-refractivity contribution < 1.29 is 33.7 Å². The number of oxime groups is 1. The first-order valence-electron chi connectivity index (χ1n) is 14.2. The number of thiazole rings is 1. The fourth-order valence-corrected chi connectivity index (χ4v) is 7.18. The molecular weight excluding hydrogens is 621 g/mol. The molecule has 2 aliphatic rings. The van der Waals surface area contributed by atoms with Crippen LogP contribution in [0.3, 0.4) is 0 Å². The SMILES string of the molecule is CNCCCn1ccc2c1ccc[n+]2CC1=C(C=O)N2C(=O)C(NC(=O)/C(=N\OC(C)(C)C(=O)O)c3nc(N)sc3C)C2SC1. The maximum absolute atomic E-state index is 13.5. The predicted molar refractivity (Wildman–Crippen MR) is 169 cm³/mol. The maximum Gasteiger partial charge on any atom is 0.350 e. The molecule has 0 spiro atoms. The quantitative estimate of drug-likeness (QED) is 0.0518. The van der Waals surface area contributed by atoms with Crippen molar-refractivity contribution in [2.45, 2.75) is 57.3 Å². The lowest BCUT2D eigenvalue weighted by molar-refractivity contribution is -0.663. The third-order valence-electron chi connectivity index (χ3n) is 7.62. The molecule has 238 valence electrons. The summed E-state index contributed by atoms with van der Waals surface area (Å²) in [5.41, 5.74) is 7.09. The van der Waals surface area contributed by atoms with Crippen molar-refractivity contribution in [1.29, 1.82) is 0 Å². The lowest BCUT2D eigenvalue weighted by Gasteiger charge is -2.49.